The number of rotatable bonds is 8. The number of nitrogens with one attached hydrogen (secondary N) is 3. The van der Waals surface area contributed by atoms with Crippen LogP contribution in [0.15, 0.2) is 22.7 Å². The van der Waals surface area contributed by atoms with Gasteiger partial charge in [0.1, 0.15) is 30.0 Å². The standard InChI is InChI=1S/C29H39FN6O7/c1-17(33-24(38)16-31-23(37)15-32-28(41)42-29(2,3)4)26(39)36-11-5-6-21(36)27(40)35-12-9-18(10-13-35)25-20-8-7-19(30)14-22(20)43-34-25/h7-8,14,17-18,21H,5-6,9-13,15-16H2,1-4H3,(H,31,37)(H,32,41)(H,33,38)/t17-,21-/m0/s1. The number of fused-ring (bicyclic) bond motifs is 1. The Morgan fingerprint density at radius 3 is 2.44 bits per heavy atom. The summed E-state index contributed by atoms with van der Waals surface area (Å²) in [6, 6.07) is 2.82. The summed E-state index contributed by atoms with van der Waals surface area (Å²) in [5, 5.41) is 12.2. The van der Waals surface area contributed by atoms with Crippen molar-refractivity contribution < 1.29 is 37.6 Å². The van der Waals surface area contributed by atoms with Gasteiger partial charge in [-0.15, -0.1) is 0 Å². The van der Waals surface area contributed by atoms with Crippen LogP contribution in [0, 0.1) is 5.82 Å². The predicted molar refractivity (Wildman–Crippen MR) is 152 cm³/mol. The summed E-state index contributed by atoms with van der Waals surface area (Å²) >= 11 is 0. The third kappa shape index (κ3) is 8.20. The third-order valence-corrected chi connectivity index (χ3v) is 7.46. The van der Waals surface area contributed by atoms with Gasteiger partial charge in [-0.05, 0) is 65.5 Å². The quantitative estimate of drug-likeness (QED) is 0.412. The molecule has 43 heavy (non-hydrogen) atoms. The average Bonchev–Trinajstić information content (AvgIpc) is 3.60. The van der Waals surface area contributed by atoms with E-state index in [0.717, 1.165) is 11.1 Å². The number of halogens is 1. The van der Waals surface area contributed by atoms with Crippen molar-refractivity contribution in [1.82, 2.24) is 30.9 Å². The van der Waals surface area contributed by atoms with E-state index < -0.39 is 41.4 Å². The number of hydrogen-bond acceptors (Lipinski definition) is 8. The van der Waals surface area contributed by atoms with Gasteiger partial charge in [-0.2, -0.15) is 0 Å². The van der Waals surface area contributed by atoms with Crippen molar-refractivity contribution in [2.24, 2.45) is 0 Å². The number of piperidine rings is 1. The molecule has 0 aliphatic carbocycles. The molecular weight excluding hydrogens is 563 g/mol. The zero-order valence-electron chi connectivity index (χ0n) is 24.9. The van der Waals surface area contributed by atoms with Crippen molar-refractivity contribution >= 4 is 40.7 Å². The fraction of sp³-hybridized carbons (Fsp3) is 0.586. The second kappa shape index (κ2) is 13.4. The zero-order chi connectivity index (χ0) is 31.3. The molecule has 14 heteroatoms. The van der Waals surface area contributed by atoms with E-state index in [1.807, 2.05) is 0 Å². The molecule has 2 saturated heterocycles. The van der Waals surface area contributed by atoms with Gasteiger partial charge < -0.3 is 35.0 Å². The van der Waals surface area contributed by atoms with Crippen LogP contribution in [0.2, 0.25) is 0 Å². The molecule has 2 aliphatic rings. The number of ether oxygens (including phenoxy) is 1. The summed E-state index contributed by atoms with van der Waals surface area (Å²) in [4.78, 5) is 65.9. The first-order valence-electron chi connectivity index (χ1n) is 14.5. The van der Waals surface area contributed by atoms with E-state index in [4.69, 9.17) is 9.26 Å². The van der Waals surface area contributed by atoms with E-state index in [2.05, 4.69) is 21.1 Å². The molecule has 0 saturated carbocycles. The number of carbonyl (C=O) groups is 5. The molecule has 0 bridgehead atoms. The van der Waals surface area contributed by atoms with E-state index in [0.29, 0.717) is 50.9 Å². The Balaban J connectivity index is 1.22. The van der Waals surface area contributed by atoms with Gasteiger partial charge in [0.2, 0.25) is 23.6 Å². The van der Waals surface area contributed by atoms with Crippen molar-refractivity contribution in [3.63, 3.8) is 0 Å². The maximum Gasteiger partial charge on any atom is 0.408 e. The minimum atomic E-state index is -0.909. The van der Waals surface area contributed by atoms with Gasteiger partial charge in [0.15, 0.2) is 5.58 Å². The van der Waals surface area contributed by atoms with Gasteiger partial charge in [0.25, 0.3) is 0 Å². The molecule has 0 spiro atoms. The molecule has 2 aromatic rings. The largest absolute Gasteiger partial charge is 0.444 e. The van der Waals surface area contributed by atoms with Crippen LogP contribution in [0.25, 0.3) is 11.0 Å². The normalized spacial score (nSPS) is 18.3. The Morgan fingerprint density at radius 1 is 1.05 bits per heavy atom. The lowest BCUT2D eigenvalue weighted by Crippen LogP contribution is -2.55. The molecule has 4 rings (SSSR count). The minimum Gasteiger partial charge on any atom is -0.444 e. The first kappa shape index (κ1) is 31.7. The van der Waals surface area contributed by atoms with Crippen LogP contribution in [0.5, 0.6) is 0 Å². The summed E-state index contributed by atoms with van der Waals surface area (Å²) < 4.78 is 23.9. The van der Waals surface area contributed by atoms with Crippen LogP contribution in [-0.4, -0.2) is 95.1 Å². The number of amides is 5. The van der Waals surface area contributed by atoms with Crippen LogP contribution in [-0.2, 0) is 23.9 Å². The van der Waals surface area contributed by atoms with Gasteiger partial charge in [-0.3, -0.25) is 19.2 Å². The van der Waals surface area contributed by atoms with E-state index in [9.17, 15) is 28.4 Å². The minimum absolute atomic E-state index is 0.0703. The number of aromatic nitrogens is 1. The van der Waals surface area contributed by atoms with E-state index >= 15 is 0 Å². The summed E-state index contributed by atoms with van der Waals surface area (Å²) in [6.45, 7) is 7.23. The summed E-state index contributed by atoms with van der Waals surface area (Å²) in [5.41, 5.74) is 0.448. The molecule has 0 radical (unpaired) electrons. The third-order valence-electron chi connectivity index (χ3n) is 7.46. The monoisotopic (exact) mass is 602 g/mol. The van der Waals surface area contributed by atoms with Crippen LogP contribution in [0.3, 0.4) is 0 Å². The van der Waals surface area contributed by atoms with Gasteiger partial charge in [0, 0.05) is 37.0 Å². The SMILES string of the molecule is C[C@H](NC(=O)CNC(=O)CNC(=O)OC(C)(C)C)C(=O)N1CCC[C@H]1C(=O)N1CCC(c2noc3cc(F)ccc23)CC1. The van der Waals surface area contributed by atoms with Gasteiger partial charge in [-0.1, -0.05) is 5.16 Å². The highest BCUT2D eigenvalue weighted by Crippen LogP contribution is 2.33. The van der Waals surface area contributed by atoms with Gasteiger partial charge in [-0.25, -0.2) is 9.18 Å². The summed E-state index contributed by atoms with van der Waals surface area (Å²) in [5.74, 6) is -2.01. The predicted octanol–water partition coefficient (Wildman–Crippen LogP) is 1.81. The summed E-state index contributed by atoms with van der Waals surface area (Å²) in [7, 11) is 0. The lowest BCUT2D eigenvalue weighted by atomic mass is 9.91. The number of likely N-dealkylation sites (tertiary alicyclic amines) is 2. The fourth-order valence-corrected chi connectivity index (χ4v) is 5.41. The number of benzene rings is 1. The van der Waals surface area contributed by atoms with Crippen LogP contribution >= 0.6 is 0 Å². The van der Waals surface area contributed by atoms with Crippen molar-refractivity contribution in [1.29, 1.82) is 0 Å². The molecule has 2 aliphatic heterocycles. The number of nitrogens with zero attached hydrogens (tertiary/aromatic N) is 3. The maximum atomic E-state index is 13.5. The smallest absolute Gasteiger partial charge is 0.408 e. The Kier molecular flexibility index (Phi) is 9.87. The van der Waals surface area contributed by atoms with Crippen LogP contribution < -0.4 is 16.0 Å². The molecule has 3 heterocycles. The second-order valence-electron chi connectivity index (χ2n) is 11.9. The molecule has 5 amide bonds. The van der Waals surface area contributed by atoms with E-state index in [1.54, 1.807) is 31.7 Å². The zero-order valence-corrected chi connectivity index (χ0v) is 24.9. The second-order valence-corrected chi connectivity index (χ2v) is 11.9. The number of carbonyl (C=O) groups excluding carboxylic acids is 5. The maximum absolute atomic E-state index is 13.5. The van der Waals surface area contributed by atoms with Crippen molar-refractivity contribution in [3.05, 3.63) is 29.7 Å². The number of hydrogen-bond donors (Lipinski definition) is 3. The fourth-order valence-electron chi connectivity index (χ4n) is 5.41. The average molecular weight is 603 g/mol. The van der Waals surface area contributed by atoms with E-state index in [-0.39, 0.29) is 30.8 Å². The highest BCUT2D eigenvalue weighted by molar-refractivity contribution is 5.93. The first-order chi connectivity index (χ1) is 20.3. The molecule has 234 valence electrons. The Morgan fingerprint density at radius 2 is 1.74 bits per heavy atom. The highest BCUT2D eigenvalue weighted by Gasteiger charge is 2.39. The Labute approximate surface area is 248 Å². The topological polar surface area (TPSA) is 163 Å². The molecule has 2 atom stereocenters. The van der Waals surface area contributed by atoms with Crippen molar-refractivity contribution in [2.45, 2.75) is 77.0 Å². The number of alkyl carbamates (subject to hydrolysis) is 1. The van der Waals surface area contributed by atoms with Crippen LogP contribution in [0.4, 0.5) is 9.18 Å². The van der Waals surface area contributed by atoms with Crippen molar-refractivity contribution in [2.75, 3.05) is 32.7 Å². The molecule has 2 fully saturated rings. The molecule has 3 N–H and O–H groups in total. The first-order valence-corrected chi connectivity index (χ1v) is 14.5. The molecule has 1 aromatic carbocycles. The molecular formula is C29H39FN6O7. The van der Waals surface area contributed by atoms with Crippen LogP contribution in [0.1, 0.15) is 65.0 Å². The highest BCUT2D eigenvalue weighted by atomic mass is 19.1. The Hall–Kier alpha value is -4.23. The summed E-state index contributed by atoms with van der Waals surface area (Å²) in [6.07, 6.45) is 1.77. The van der Waals surface area contributed by atoms with E-state index in [1.165, 1.54) is 24.0 Å². The van der Waals surface area contributed by atoms with Gasteiger partial charge in [0.05, 0.1) is 12.2 Å². The Bertz CT molecular complexity index is 1360. The van der Waals surface area contributed by atoms with Crippen molar-refractivity contribution in [3.8, 4) is 0 Å². The molecule has 1 aromatic heterocycles. The molecule has 13 nitrogen and oxygen atoms in total. The molecule has 0 unspecified atom stereocenters. The lowest BCUT2D eigenvalue weighted by molar-refractivity contribution is -0.145. The lowest BCUT2D eigenvalue weighted by Gasteiger charge is -2.35. The van der Waals surface area contributed by atoms with Gasteiger partial charge >= 0.3 is 6.09 Å².